The van der Waals surface area contributed by atoms with Crippen molar-refractivity contribution in [1.82, 2.24) is 0 Å². The van der Waals surface area contributed by atoms with Crippen molar-refractivity contribution in [2.24, 2.45) is 5.92 Å². The summed E-state index contributed by atoms with van der Waals surface area (Å²) in [5, 5.41) is 8.80. The average molecular weight is 381 g/mol. The number of amides is 2. The van der Waals surface area contributed by atoms with Crippen molar-refractivity contribution in [3.05, 3.63) is 53.6 Å². The van der Waals surface area contributed by atoms with Crippen LogP contribution in [0.1, 0.15) is 28.8 Å². The molecule has 146 valence electrons. The monoisotopic (exact) mass is 381 g/mol. The van der Waals surface area contributed by atoms with Gasteiger partial charge in [-0.25, -0.2) is 4.79 Å². The number of methoxy groups -OCH3 is 1. The number of anilines is 3. The lowest BCUT2D eigenvalue weighted by atomic mass is 10.1. The highest BCUT2D eigenvalue weighted by molar-refractivity contribution is 5.97. The van der Waals surface area contributed by atoms with Crippen LogP contribution in [0.2, 0.25) is 0 Å². The first-order chi connectivity index (χ1) is 13.5. The van der Waals surface area contributed by atoms with Gasteiger partial charge in [-0.3, -0.25) is 9.59 Å². The van der Waals surface area contributed by atoms with Gasteiger partial charge in [0.05, 0.1) is 19.2 Å². The molecule has 7 heteroatoms. The smallest absolute Gasteiger partial charge is 0.337 e. The van der Waals surface area contributed by atoms with Crippen LogP contribution in [0.25, 0.3) is 0 Å². The first kappa shape index (κ1) is 19.4. The van der Waals surface area contributed by atoms with Gasteiger partial charge in [0.1, 0.15) is 0 Å². The fourth-order valence-electron chi connectivity index (χ4n) is 2.73. The van der Waals surface area contributed by atoms with Gasteiger partial charge in [0.25, 0.3) is 0 Å². The number of esters is 1. The Bertz CT molecular complexity index is 889. The van der Waals surface area contributed by atoms with Crippen molar-refractivity contribution in [3.8, 4) is 0 Å². The standard InChI is InChI=1S/C21H23N3O4/c1-13-17(4-3-5-18(13)24-20(26)14-6-7-14)22-12-19(25)23-16-10-8-15(9-11-16)21(27)28-2/h3-5,8-11,14,22H,6-7,12H2,1-2H3,(H,23,25)(H,24,26). The number of ether oxygens (including phenoxy) is 1. The summed E-state index contributed by atoms with van der Waals surface area (Å²) in [6, 6.07) is 12.0. The number of carbonyl (C=O) groups is 3. The van der Waals surface area contributed by atoms with Gasteiger partial charge in [0.2, 0.25) is 11.8 Å². The zero-order chi connectivity index (χ0) is 20.1. The van der Waals surface area contributed by atoms with Crippen molar-refractivity contribution in [2.75, 3.05) is 29.6 Å². The molecular weight excluding hydrogens is 358 g/mol. The van der Waals surface area contributed by atoms with Gasteiger partial charge < -0.3 is 20.7 Å². The minimum atomic E-state index is -0.427. The fourth-order valence-corrected chi connectivity index (χ4v) is 2.73. The number of rotatable bonds is 7. The highest BCUT2D eigenvalue weighted by Crippen LogP contribution is 2.31. The van der Waals surface area contributed by atoms with Crippen molar-refractivity contribution in [3.63, 3.8) is 0 Å². The Kier molecular flexibility index (Phi) is 5.93. The van der Waals surface area contributed by atoms with E-state index in [0.717, 1.165) is 29.8 Å². The van der Waals surface area contributed by atoms with E-state index < -0.39 is 5.97 Å². The van der Waals surface area contributed by atoms with E-state index in [-0.39, 0.29) is 24.3 Å². The van der Waals surface area contributed by atoms with E-state index in [1.165, 1.54) is 7.11 Å². The second-order valence-corrected chi connectivity index (χ2v) is 6.71. The molecule has 0 heterocycles. The van der Waals surface area contributed by atoms with Gasteiger partial charge in [-0.1, -0.05) is 6.07 Å². The highest BCUT2D eigenvalue weighted by atomic mass is 16.5. The Morgan fingerprint density at radius 3 is 2.32 bits per heavy atom. The summed E-state index contributed by atoms with van der Waals surface area (Å²) in [6.45, 7) is 1.97. The molecule has 0 atom stereocenters. The highest BCUT2D eigenvalue weighted by Gasteiger charge is 2.29. The molecule has 0 saturated heterocycles. The van der Waals surface area contributed by atoms with Crippen LogP contribution in [-0.4, -0.2) is 31.4 Å². The zero-order valence-electron chi connectivity index (χ0n) is 15.9. The van der Waals surface area contributed by atoms with Crippen molar-refractivity contribution in [2.45, 2.75) is 19.8 Å². The molecular formula is C21H23N3O4. The summed E-state index contributed by atoms with van der Waals surface area (Å²) in [6.07, 6.45) is 1.90. The third-order valence-corrected chi connectivity index (χ3v) is 4.57. The Balaban J connectivity index is 1.55. The van der Waals surface area contributed by atoms with Gasteiger partial charge in [0, 0.05) is 23.0 Å². The molecule has 0 aromatic heterocycles. The molecule has 0 bridgehead atoms. The van der Waals surface area contributed by atoms with Gasteiger partial charge >= 0.3 is 5.97 Å². The lowest BCUT2D eigenvalue weighted by molar-refractivity contribution is -0.117. The average Bonchev–Trinajstić information content (AvgIpc) is 3.54. The molecule has 1 aliphatic rings. The van der Waals surface area contributed by atoms with Crippen LogP contribution < -0.4 is 16.0 Å². The Morgan fingerprint density at radius 2 is 1.68 bits per heavy atom. The van der Waals surface area contributed by atoms with Crippen LogP contribution in [0.3, 0.4) is 0 Å². The second-order valence-electron chi connectivity index (χ2n) is 6.71. The SMILES string of the molecule is COC(=O)c1ccc(NC(=O)CNc2cccc(NC(=O)C3CC3)c2C)cc1. The topological polar surface area (TPSA) is 96.5 Å². The van der Waals surface area contributed by atoms with Crippen LogP contribution in [0.4, 0.5) is 17.1 Å². The summed E-state index contributed by atoms with van der Waals surface area (Å²) >= 11 is 0. The molecule has 3 rings (SSSR count). The van der Waals surface area contributed by atoms with Crippen LogP contribution in [0, 0.1) is 12.8 Å². The third-order valence-electron chi connectivity index (χ3n) is 4.57. The lowest BCUT2D eigenvalue weighted by Gasteiger charge is -2.14. The first-order valence-electron chi connectivity index (χ1n) is 9.10. The molecule has 7 nitrogen and oxygen atoms in total. The molecule has 1 fully saturated rings. The second kappa shape index (κ2) is 8.56. The molecule has 3 N–H and O–H groups in total. The minimum absolute atomic E-state index is 0.0494. The van der Waals surface area contributed by atoms with E-state index in [1.54, 1.807) is 24.3 Å². The summed E-state index contributed by atoms with van der Waals surface area (Å²) < 4.78 is 4.64. The zero-order valence-corrected chi connectivity index (χ0v) is 15.9. The lowest BCUT2D eigenvalue weighted by Crippen LogP contribution is -2.22. The molecule has 1 saturated carbocycles. The Morgan fingerprint density at radius 1 is 1.00 bits per heavy atom. The van der Waals surface area contributed by atoms with Crippen LogP contribution >= 0.6 is 0 Å². The molecule has 2 aromatic carbocycles. The van der Waals surface area contributed by atoms with Crippen LogP contribution in [-0.2, 0) is 14.3 Å². The number of hydrogen-bond acceptors (Lipinski definition) is 5. The van der Waals surface area contributed by atoms with Gasteiger partial charge in [-0.2, -0.15) is 0 Å². The molecule has 1 aliphatic carbocycles. The summed E-state index contributed by atoms with van der Waals surface area (Å²) in [4.78, 5) is 35.6. The number of nitrogens with one attached hydrogen (secondary N) is 3. The Hall–Kier alpha value is -3.35. The molecule has 0 spiro atoms. The van der Waals surface area contributed by atoms with Crippen LogP contribution in [0.15, 0.2) is 42.5 Å². The van der Waals surface area contributed by atoms with E-state index in [9.17, 15) is 14.4 Å². The fraction of sp³-hybridized carbons (Fsp3) is 0.286. The molecule has 2 aromatic rings. The van der Waals surface area contributed by atoms with E-state index in [2.05, 4.69) is 20.7 Å². The summed E-state index contributed by atoms with van der Waals surface area (Å²) in [5.41, 5.74) is 3.41. The van der Waals surface area contributed by atoms with Crippen molar-refractivity contribution < 1.29 is 19.1 Å². The van der Waals surface area contributed by atoms with Crippen molar-refractivity contribution >= 4 is 34.8 Å². The van der Waals surface area contributed by atoms with E-state index in [1.807, 2.05) is 25.1 Å². The first-order valence-corrected chi connectivity index (χ1v) is 9.10. The summed E-state index contributed by atoms with van der Waals surface area (Å²) in [7, 11) is 1.32. The molecule has 28 heavy (non-hydrogen) atoms. The van der Waals surface area contributed by atoms with Gasteiger partial charge in [0.15, 0.2) is 0 Å². The number of carbonyl (C=O) groups excluding carboxylic acids is 3. The van der Waals surface area contributed by atoms with E-state index in [4.69, 9.17) is 0 Å². The molecule has 0 radical (unpaired) electrons. The minimum Gasteiger partial charge on any atom is -0.465 e. The maximum atomic E-state index is 12.2. The molecule has 2 amide bonds. The Labute approximate surface area is 163 Å². The van der Waals surface area contributed by atoms with Crippen molar-refractivity contribution in [1.29, 1.82) is 0 Å². The quantitative estimate of drug-likeness (QED) is 0.640. The predicted molar refractivity (Wildman–Crippen MR) is 107 cm³/mol. The normalized spacial score (nSPS) is 12.8. The maximum Gasteiger partial charge on any atom is 0.337 e. The molecule has 0 unspecified atom stereocenters. The van der Waals surface area contributed by atoms with E-state index >= 15 is 0 Å². The maximum absolute atomic E-state index is 12.2. The number of hydrogen-bond donors (Lipinski definition) is 3. The largest absolute Gasteiger partial charge is 0.465 e. The summed E-state index contributed by atoms with van der Waals surface area (Å²) in [5.74, 6) is -0.470. The predicted octanol–water partition coefficient (Wildman–Crippen LogP) is 3.18. The van der Waals surface area contributed by atoms with Gasteiger partial charge in [-0.05, 0) is 61.7 Å². The number of benzene rings is 2. The van der Waals surface area contributed by atoms with E-state index in [0.29, 0.717) is 11.3 Å². The third kappa shape index (κ3) is 4.88. The molecule has 0 aliphatic heterocycles. The van der Waals surface area contributed by atoms with Gasteiger partial charge in [-0.15, -0.1) is 0 Å². The van der Waals surface area contributed by atoms with Crippen LogP contribution in [0.5, 0.6) is 0 Å².